The van der Waals surface area contributed by atoms with Crippen molar-refractivity contribution in [3.05, 3.63) is 36.7 Å². The second-order valence-corrected chi connectivity index (χ2v) is 10.3. The molecule has 1 spiro atoms. The van der Waals surface area contributed by atoms with Gasteiger partial charge in [-0.3, -0.25) is 9.48 Å². The first-order chi connectivity index (χ1) is 16.4. The van der Waals surface area contributed by atoms with Gasteiger partial charge in [0.15, 0.2) is 0 Å². The van der Waals surface area contributed by atoms with Crippen molar-refractivity contribution in [3.8, 4) is 5.75 Å². The Bertz CT molecular complexity index is 973. The Morgan fingerprint density at radius 3 is 2.38 bits per heavy atom. The molecule has 5 rings (SSSR count). The van der Waals surface area contributed by atoms with Crippen LogP contribution in [0.25, 0.3) is 0 Å². The molecule has 1 aromatic carbocycles. The lowest BCUT2D eigenvalue weighted by molar-refractivity contribution is -0.141. The van der Waals surface area contributed by atoms with E-state index in [2.05, 4.69) is 53.0 Å². The fourth-order valence-electron chi connectivity index (χ4n) is 5.41. The van der Waals surface area contributed by atoms with E-state index in [1.807, 2.05) is 18.1 Å². The van der Waals surface area contributed by atoms with Gasteiger partial charge in [-0.15, -0.1) is 0 Å². The number of rotatable bonds is 5. The van der Waals surface area contributed by atoms with E-state index in [4.69, 9.17) is 9.47 Å². The molecule has 4 heterocycles. The zero-order chi connectivity index (χ0) is 23.7. The number of hydrogen-bond donors (Lipinski definition) is 0. The molecule has 0 unspecified atom stereocenters. The Labute approximate surface area is 202 Å². The normalized spacial score (nSPS) is 22.1. The predicted octanol–water partition coefficient (Wildman–Crippen LogP) is 3.07. The molecular formula is C26H37N5O3. The molecule has 8 heteroatoms. The Balaban J connectivity index is 1.15. The number of carbonyl (C=O) groups excluding carboxylic acids is 1. The summed E-state index contributed by atoms with van der Waals surface area (Å²) in [6, 6.07) is 9.16. The van der Waals surface area contributed by atoms with E-state index in [0.29, 0.717) is 18.7 Å². The van der Waals surface area contributed by atoms with Crippen LogP contribution in [0.5, 0.6) is 5.75 Å². The zero-order valence-corrected chi connectivity index (χ0v) is 20.7. The average molecular weight is 468 g/mol. The van der Waals surface area contributed by atoms with Gasteiger partial charge < -0.3 is 24.2 Å². The van der Waals surface area contributed by atoms with Crippen LogP contribution in [0.3, 0.4) is 0 Å². The summed E-state index contributed by atoms with van der Waals surface area (Å²) in [7, 11) is 1.87. The third-order valence-corrected chi connectivity index (χ3v) is 7.64. The monoisotopic (exact) mass is 467 g/mol. The summed E-state index contributed by atoms with van der Waals surface area (Å²) in [4.78, 5) is 19.2. The zero-order valence-electron chi connectivity index (χ0n) is 20.7. The van der Waals surface area contributed by atoms with E-state index in [-0.39, 0.29) is 18.1 Å². The van der Waals surface area contributed by atoms with Crippen molar-refractivity contribution in [3.63, 3.8) is 0 Å². The standard InChI is InChI=1S/C26H37N5O3/c1-20(2)29-12-8-24(9-13-29)34-23-6-4-21(5-7-23)30-14-10-26(11-15-30)19-31(25(32)18-33-26)22-16-27-28(3)17-22/h4-7,16-17,20,24H,8-15,18-19H2,1-3H3. The number of piperidine rings is 2. The van der Waals surface area contributed by atoms with Gasteiger partial charge in [0.05, 0.1) is 24.0 Å². The van der Waals surface area contributed by atoms with Crippen LogP contribution in [-0.4, -0.2) is 77.7 Å². The summed E-state index contributed by atoms with van der Waals surface area (Å²) in [5, 5.41) is 4.23. The molecule has 0 bridgehead atoms. The SMILES string of the molecule is CC(C)N1CCC(Oc2ccc(N3CCC4(CC3)CN(c3cnn(C)c3)C(=O)CO4)cc2)CC1. The van der Waals surface area contributed by atoms with Crippen LogP contribution in [0.2, 0.25) is 0 Å². The van der Waals surface area contributed by atoms with Crippen LogP contribution < -0.4 is 14.5 Å². The van der Waals surface area contributed by atoms with E-state index >= 15 is 0 Å². The summed E-state index contributed by atoms with van der Waals surface area (Å²) >= 11 is 0. The van der Waals surface area contributed by atoms with Crippen LogP contribution in [0.4, 0.5) is 11.4 Å². The molecule has 0 radical (unpaired) electrons. The average Bonchev–Trinajstić information content (AvgIpc) is 3.28. The van der Waals surface area contributed by atoms with E-state index in [0.717, 1.165) is 63.3 Å². The van der Waals surface area contributed by atoms with Crippen molar-refractivity contribution in [1.29, 1.82) is 0 Å². The van der Waals surface area contributed by atoms with Crippen LogP contribution in [0.1, 0.15) is 39.5 Å². The van der Waals surface area contributed by atoms with Gasteiger partial charge in [-0.2, -0.15) is 5.10 Å². The lowest BCUT2D eigenvalue weighted by atomic mass is 9.89. The fraction of sp³-hybridized carbons (Fsp3) is 0.615. The number of amides is 1. The van der Waals surface area contributed by atoms with Crippen molar-refractivity contribution in [2.75, 3.05) is 49.1 Å². The molecule has 3 aliphatic rings. The van der Waals surface area contributed by atoms with Crippen molar-refractivity contribution >= 4 is 17.3 Å². The van der Waals surface area contributed by atoms with E-state index in [1.165, 1.54) is 5.69 Å². The number of likely N-dealkylation sites (tertiary alicyclic amines) is 1. The van der Waals surface area contributed by atoms with Crippen LogP contribution in [-0.2, 0) is 16.6 Å². The van der Waals surface area contributed by atoms with Gasteiger partial charge in [0.1, 0.15) is 18.5 Å². The maximum absolute atomic E-state index is 12.5. The molecule has 1 amide bonds. The molecule has 3 saturated heterocycles. The summed E-state index contributed by atoms with van der Waals surface area (Å²) in [6.45, 7) is 9.29. The molecule has 0 atom stereocenters. The quantitative estimate of drug-likeness (QED) is 0.674. The number of ether oxygens (including phenoxy) is 2. The topological polar surface area (TPSA) is 63.1 Å². The lowest BCUT2D eigenvalue weighted by Crippen LogP contribution is -2.59. The minimum atomic E-state index is -0.284. The third kappa shape index (κ3) is 4.93. The highest BCUT2D eigenvalue weighted by atomic mass is 16.5. The summed E-state index contributed by atoms with van der Waals surface area (Å²) in [6.07, 6.45) is 7.92. The van der Waals surface area contributed by atoms with Gasteiger partial charge in [-0.1, -0.05) is 0 Å². The van der Waals surface area contributed by atoms with Crippen LogP contribution in [0, 0.1) is 0 Å². The molecule has 34 heavy (non-hydrogen) atoms. The highest BCUT2D eigenvalue weighted by molar-refractivity contribution is 5.95. The number of aromatic nitrogens is 2. The smallest absolute Gasteiger partial charge is 0.253 e. The van der Waals surface area contributed by atoms with Gasteiger partial charge >= 0.3 is 0 Å². The predicted molar refractivity (Wildman–Crippen MR) is 132 cm³/mol. The Morgan fingerprint density at radius 1 is 1.06 bits per heavy atom. The third-order valence-electron chi connectivity index (χ3n) is 7.64. The van der Waals surface area contributed by atoms with Crippen molar-refractivity contribution < 1.29 is 14.3 Å². The van der Waals surface area contributed by atoms with E-state index in [9.17, 15) is 4.79 Å². The van der Waals surface area contributed by atoms with Crippen LogP contribution in [0.15, 0.2) is 36.7 Å². The highest BCUT2D eigenvalue weighted by Gasteiger charge is 2.43. The summed E-state index contributed by atoms with van der Waals surface area (Å²) in [5.41, 5.74) is 1.78. The molecule has 0 saturated carbocycles. The molecule has 0 N–H and O–H groups in total. The van der Waals surface area contributed by atoms with Gasteiger partial charge in [-0.25, -0.2) is 0 Å². The number of aryl methyl sites for hydroxylation is 1. The first kappa shape index (κ1) is 23.2. The number of benzene rings is 1. The van der Waals surface area contributed by atoms with Gasteiger partial charge in [0.25, 0.3) is 5.91 Å². The molecule has 0 aliphatic carbocycles. The van der Waals surface area contributed by atoms with Gasteiger partial charge in [0.2, 0.25) is 0 Å². The van der Waals surface area contributed by atoms with Gasteiger partial charge in [0, 0.05) is 51.2 Å². The molecule has 3 aliphatic heterocycles. The minimum absolute atomic E-state index is 0.00604. The Morgan fingerprint density at radius 2 is 1.76 bits per heavy atom. The number of hydrogen-bond acceptors (Lipinski definition) is 6. The first-order valence-electron chi connectivity index (χ1n) is 12.6. The Hall–Kier alpha value is -2.58. The molecule has 1 aromatic heterocycles. The van der Waals surface area contributed by atoms with Crippen LogP contribution >= 0.6 is 0 Å². The van der Waals surface area contributed by atoms with E-state index in [1.54, 1.807) is 10.9 Å². The maximum Gasteiger partial charge on any atom is 0.253 e. The lowest BCUT2D eigenvalue weighted by Gasteiger charge is -2.47. The summed E-state index contributed by atoms with van der Waals surface area (Å²) < 4.78 is 14.1. The maximum atomic E-state index is 12.5. The van der Waals surface area contributed by atoms with Crippen molar-refractivity contribution in [2.45, 2.75) is 57.3 Å². The second kappa shape index (κ2) is 9.58. The number of anilines is 2. The second-order valence-electron chi connectivity index (χ2n) is 10.3. The number of carbonyl (C=O) groups is 1. The van der Waals surface area contributed by atoms with Crippen molar-refractivity contribution in [2.24, 2.45) is 7.05 Å². The first-order valence-corrected chi connectivity index (χ1v) is 12.6. The van der Waals surface area contributed by atoms with Gasteiger partial charge in [-0.05, 0) is 63.8 Å². The molecule has 8 nitrogen and oxygen atoms in total. The van der Waals surface area contributed by atoms with E-state index < -0.39 is 0 Å². The molecular weight excluding hydrogens is 430 g/mol. The Kier molecular flexibility index (Phi) is 6.53. The largest absolute Gasteiger partial charge is 0.490 e. The van der Waals surface area contributed by atoms with Crippen molar-refractivity contribution in [1.82, 2.24) is 14.7 Å². The minimum Gasteiger partial charge on any atom is -0.490 e. The highest BCUT2D eigenvalue weighted by Crippen LogP contribution is 2.34. The molecule has 184 valence electrons. The molecule has 2 aromatic rings. The summed E-state index contributed by atoms with van der Waals surface area (Å²) in [5.74, 6) is 0.966. The molecule has 3 fully saturated rings. The number of morpholine rings is 1. The number of nitrogens with zero attached hydrogens (tertiary/aromatic N) is 5. The fourth-order valence-corrected chi connectivity index (χ4v) is 5.41.